The molecule has 0 atom stereocenters. The van der Waals surface area contributed by atoms with Crippen molar-refractivity contribution < 1.29 is 18.3 Å². The minimum atomic E-state index is -0.590. The van der Waals surface area contributed by atoms with Crippen molar-refractivity contribution >= 4 is 11.9 Å². The van der Waals surface area contributed by atoms with E-state index in [0.29, 0.717) is 0 Å². The van der Waals surface area contributed by atoms with Gasteiger partial charge in [-0.3, -0.25) is 4.79 Å². The zero-order chi connectivity index (χ0) is 19.6. The molecular weight excluding hydrogens is 350 g/mol. The summed E-state index contributed by atoms with van der Waals surface area (Å²) in [5.74, 6) is -1.15. The van der Waals surface area contributed by atoms with Crippen molar-refractivity contribution in [2.75, 3.05) is 7.11 Å². The molecule has 4 nitrogen and oxygen atoms in total. The highest BCUT2D eigenvalue weighted by molar-refractivity contribution is 6.07. The van der Waals surface area contributed by atoms with Crippen molar-refractivity contribution in [1.82, 2.24) is 9.78 Å². The van der Waals surface area contributed by atoms with E-state index < -0.39 is 5.82 Å². The van der Waals surface area contributed by atoms with Crippen molar-refractivity contribution in [2.45, 2.75) is 13.8 Å². The number of carbonyl (C=O) groups excluding carboxylic acids is 1. The Morgan fingerprint density at radius 3 is 2.44 bits per heavy atom. The topological polar surface area (TPSA) is 44.1 Å². The molecule has 1 aromatic heterocycles. The number of ether oxygens (including phenoxy) is 1. The Morgan fingerprint density at radius 2 is 1.81 bits per heavy atom. The summed E-state index contributed by atoms with van der Waals surface area (Å²) in [5.41, 5.74) is 3.26. The van der Waals surface area contributed by atoms with Gasteiger partial charge in [0.05, 0.1) is 18.5 Å². The number of ketones is 1. The van der Waals surface area contributed by atoms with Crippen LogP contribution in [-0.2, 0) is 0 Å². The Morgan fingerprint density at radius 1 is 1.11 bits per heavy atom. The van der Waals surface area contributed by atoms with Gasteiger partial charge < -0.3 is 4.74 Å². The van der Waals surface area contributed by atoms with Crippen molar-refractivity contribution in [1.29, 1.82) is 0 Å². The third-order valence-electron chi connectivity index (χ3n) is 4.26. The Labute approximate surface area is 155 Å². The van der Waals surface area contributed by atoms with E-state index in [-0.39, 0.29) is 22.9 Å². The molecule has 0 unspecified atom stereocenters. The van der Waals surface area contributed by atoms with E-state index in [1.165, 1.54) is 37.5 Å². The molecule has 0 fully saturated rings. The summed E-state index contributed by atoms with van der Waals surface area (Å²) in [6.45, 7) is 3.69. The maximum Gasteiger partial charge on any atom is 0.185 e. The van der Waals surface area contributed by atoms with Gasteiger partial charge in [0.2, 0.25) is 0 Å². The molecule has 0 aliphatic rings. The molecule has 27 heavy (non-hydrogen) atoms. The predicted molar refractivity (Wildman–Crippen MR) is 99.3 cm³/mol. The highest BCUT2D eigenvalue weighted by Gasteiger charge is 2.12. The normalized spacial score (nSPS) is 11.1. The monoisotopic (exact) mass is 368 g/mol. The zero-order valence-corrected chi connectivity index (χ0v) is 15.2. The van der Waals surface area contributed by atoms with Gasteiger partial charge in [-0.2, -0.15) is 5.10 Å². The number of aryl methyl sites for hydroxylation is 1. The number of hydrogen-bond acceptors (Lipinski definition) is 3. The van der Waals surface area contributed by atoms with Crippen LogP contribution in [0.4, 0.5) is 8.78 Å². The summed E-state index contributed by atoms with van der Waals surface area (Å²) in [6.07, 6.45) is 3.04. The zero-order valence-electron chi connectivity index (χ0n) is 15.2. The standard InChI is InChI=1S/C21H18F2N2O2/c1-13-18(14(2)25(24-13)17-7-5-16(22)6-8-17)9-10-20(26)15-4-11-21(27-3)19(23)12-15/h4-12H,1-3H3/b10-9+. The second-order valence-electron chi connectivity index (χ2n) is 6.02. The average Bonchev–Trinajstić information content (AvgIpc) is 2.94. The van der Waals surface area contributed by atoms with Gasteiger partial charge in [-0.1, -0.05) is 0 Å². The third kappa shape index (κ3) is 3.79. The molecule has 0 N–H and O–H groups in total. The molecule has 0 saturated carbocycles. The van der Waals surface area contributed by atoms with Gasteiger partial charge in [0.15, 0.2) is 17.3 Å². The van der Waals surface area contributed by atoms with Crippen LogP contribution in [0.1, 0.15) is 27.3 Å². The summed E-state index contributed by atoms with van der Waals surface area (Å²) >= 11 is 0. The Kier molecular flexibility index (Phi) is 5.16. The molecule has 138 valence electrons. The van der Waals surface area contributed by atoms with Crippen molar-refractivity contribution in [3.63, 3.8) is 0 Å². The molecule has 0 aliphatic heterocycles. The first-order valence-electron chi connectivity index (χ1n) is 8.29. The molecule has 0 aliphatic carbocycles. The number of benzene rings is 2. The van der Waals surface area contributed by atoms with E-state index in [1.54, 1.807) is 22.9 Å². The van der Waals surface area contributed by atoms with E-state index in [1.807, 2.05) is 13.8 Å². The Balaban J connectivity index is 1.88. The lowest BCUT2D eigenvalue weighted by Gasteiger charge is -2.04. The molecule has 6 heteroatoms. The molecule has 0 bridgehead atoms. The number of aromatic nitrogens is 2. The second-order valence-corrected chi connectivity index (χ2v) is 6.02. The number of hydrogen-bond donors (Lipinski definition) is 0. The lowest BCUT2D eigenvalue weighted by molar-refractivity contribution is 0.104. The van der Waals surface area contributed by atoms with Crippen molar-refractivity contribution in [3.05, 3.63) is 82.7 Å². The van der Waals surface area contributed by atoms with Crippen LogP contribution in [0.2, 0.25) is 0 Å². The largest absolute Gasteiger partial charge is 0.494 e. The number of carbonyl (C=O) groups is 1. The number of halogens is 2. The summed E-state index contributed by atoms with van der Waals surface area (Å²) in [6, 6.07) is 10.1. The maximum atomic E-state index is 13.8. The van der Waals surface area contributed by atoms with E-state index in [0.717, 1.165) is 28.7 Å². The molecule has 0 spiro atoms. The van der Waals surface area contributed by atoms with Gasteiger partial charge in [0.25, 0.3) is 0 Å². The quantitative estimate of drug-likeness (QED) is 0.485. The van der Waals surface area contributed by atoms with Crippen LogP contribution in [0.3, 0.4) is 0 Å². The minimum absolute atomic E-state index is 0.0859. The highest BCUT2D eigenvalue weighted by atomic mass is 19.1. The first kappa shape index (κ1) is 18.5. The first-order chi connectivity index (χ1) is 12.9. The van der Waals surface area contributed by atoms with E-state index in [9.17, 15) is 13.6 Å². The molecular formula is C21H18F2N2O2. The molecule has 0 amide bonds. The fourth-order valence-corrected chi connectivity index (χ4v) is 2.80. The van der Waals surface area contributed by atoms with Gasteiger partial charge in [0, 0.05) is 16.8 Å². The Hall–Kier alpha value is -3.28. The minimum Gasteiger partial charge on any atom is -0.494 e. The van der Waals surface area contributed by atoms with Crippen molar-refractivity contribution in [3.8, 4) is 11.4 Å². The lowest BCUT2D eigenvalue weighted by Crippen LogP contribution is -1.99. The van der Waals surface area contributed by atoms with Gasteiger partial charge in [0.1, 0.15) is 5.82 Å². The van der Waals surface area contributed by atoms with Crippen LogP contribution in [0, 0.1) is 25.5 Å². The molecule has 0 saturated heterocycles. The van der Waals surface area contributed by atoms with Crippen LogP contribution in [-0.4, -0.2) is 22.7 Å². The van der Waals surface area contributed by atoms with Gasteiger partial charge in [-0.05, 0) is 68.5 Å². The predicted octanol–water partition coefficient (Wildman–Crippen LogP) is 4.67. The summed E-state index contributed by atoms with van der Waals surface area (Å²) in [5, 5.41) is 4.45. The number of methoxy groups -OCH3 is 1. The van der Waals surface area contributed by atoms with Gasteiger partial charge in [-0.25, -0.2) is 13.5 Å². The molecule has 1 heterocycles. The summed E-state index contributed by atoms with van der Waals surface area (Å²) < 4.78 is 33.4. The van der Waals surface area contributed by atoms with Crippen LogP contribution >= 0.6 is 0 Å². The van der Waals surface area contributed by atoms with Crippen LogP contribution < -0.4 is 4.74 Å². The molecule has 3 rings (SSSR count). The second kappa shape index (κ2) is 7.53. The molecule has 2 aromatic carbocycles. The summed E-state index contributed by atoms with van der Waals surface area (Å²) in [4.78, 5) is 12.3. The first-order valence-corrected chi connectivity index (χ1v) is 8.29. The van der Waals surface area contributed by atoms with Crippen LogP contribution in [0.15, 0.2) is 48.5 Å². The SMILES string of the molecule is COc1ccc(C(=O)/C=C/c2c(C)nn(-c3ccc(F)cc3)c2C)cc1F. The number of allylic oxidation sites excluding steroid dienone is 1. The third-order valence-corrected chi connectivity index (χ3v) is 4.26. The van der Waals surface area contributed by atoms with Crippen LogP contribution in [0.25, 0.3) is 11.8 Å². The fraction of sp³-hybridized carbons (Fsp3) is 0.143. The van der Waals surface area contributed by atoms with Crippen molar-refractivity contribution in [2.24, 2.45) is 0 Å². The van der Waals surface area contributed by atoms with E-state index in [4.69, 9.17) is 4.74 Å². The number of nitrogens with zero attached hydrogens (tertiary/aromatic N) is 2. The van der Waals surface area contributed by atoms with E-state index >= 15 is 0 Å². The lowest BCUT2D eigenvalue weighted by atomic mass is 10.1. The van der Waals surface area contributed by atoms with E-state index in [2.05, 4.69) is 5.10 Å². The van der Waals surface area contributed by atoms with Gasteiger partial charge in [-0.15, -0.1) is 0 Å². The molecule has 3 aromatic rings. The smallest absolute Gasteiger partial charge is 0.185 e. The highest BCUT2D eigenvalue weighted by Crippen LogP contribution is 2.21. The summed E-state index contributed by atoms with van der Waals surface area (Å²) in [7, 11) is 1.37. The fourth-order valence-electron chi connectivity index (χ4n) is 2.80. The Bertz CT molecular complexity index is 1020. The van der Waals surface area contributed by atoms with Crippen LogP contribution in [0.5, 0.6) is 5.75 Å². The molecule has 0 radical (unpaired) electrons. The average molecular weight is 368 g/mol. The van der Waals surface area contributed by atoms with Gasteiger partial charge >= 0.3 is 0 Å². The number of rotatable bonds is 5. The maximum absolute atomic E-state index is 13.8.